The summed E-state index contributed by atoms with van der Waals surface area (Å²) in [6.07, 6.45) is 1.44. The molecule has 100 valence electrons. The monoisotopic (exact) mass is 252 g/mol. The number of hydrogen-bond acceptors (Lipinski definition) is 3. The predicted molar refractivity (Wildman–Crippen MR) is 71.3 cm³/mol. The zero-order valence-electron chi connectivity index (χ0n) is 10.8. The van der Waals surface area contributed by atoms with Gasteiger partial charge in [0.25, 0.3) is 0 Å². The van der Waals surface area contributed by atoms with E-state index in [0.717, 1.165) is 25.9 Å². The number of nitrogens with one attached hydrogen (secondary N) is 1. The smallest absolute Gasteiger partial charge is 0.146 e. The van der Waals surface area contributed by atoms with Crippen molar-refractivity contribution in [2.24, 2.45) is 0 Å². The Bertz CT molecular complexity index is 391. The molecule has 1 aliphatic heterocycles. The fraction of sp³-hybridized carbons (Fsp3) is 0.571. The first-order chi connectivity index (χ1) is 8.64. The van der Waals surface area contributed by atoms with Crippen molar-refractivity contribution < 1.29 is 9.50 Å². The van der Waals surface area contributed by atoms with Crippen molar-refractivity contribution in [2.45, 2.75) is 25.4 Å². The van der Waals surface area contributed by atoms with Gasteiger partial charge >= 0.3 is 0 Å². The van der Waals surface area contributed by atoms with Gasteiger partial charge in [0.2, 0.25) is 0 Å². The van der Waals surface area contributed by atoms with Crippen molar-refractivity contribution >= 4 is 5.69 Å². The van der Waals surface area contributed by atoms with Gasteiger partial charge < -0.3 is 15.3 Å². The van der Waals surface area contributed by atoms with Crippen LogP contribution in [0.4, 0.5) is 10.1 Å². The van der Waals surface area contributed by atoms with Crippen molar-refractivity contribution in [3.05, 3.63) is 30.1 Å². The number of piperidine rings is 1. The van der Waals surface area contributed by atoms with Gasteiger partial charge in [0, 0.05) is 13.1 Å². The van der Waals surface area contributed by atoms with Crippen LogP contribution >= 0.6 is 0 Å². The molecule has 3 nitrogen and oxygen atoms in total. The third-order valence-corrected chi connectivity index (χ3v) is 3.59. The number of hydrogen-bond donors (Lipinski definition) is 2. The van der Waals surface area contributed by atoms with Crippen LogP contribution in [0.5, 0.6) is 0 Å². The van der Waals surface area contributed by atoms with Crippen molar-refractivity contribution in [1.82, 2.24) is 5.32 Å². The molecule has 1 aromatic carbocycles. The Hall–Kier alpha value is -1.13. The summed E-state index contributed by atoms with van der Waals surface area (Å²) in [5.41, 5.74) is -0.129. The lowest BCUT2D eigenvalue weighted by molar-refractivity contribution is 0.0175. The molecule has 1 aromatic rings. The second-order valence-corrected chi connectivity index (χ2v) is 4.94. The van der Waals surface area contributed by atoms with Crippen molar-refractivity contribution in [3.8, 4) is 0 Å². The van der Waals surface area contributed by atoms with Gasteiger partial charge in [0.05, 0.1) is 11.3 Å². The normalized spacial score (nSPS) is 18.6. The molecule has 1 aliphatic rings. The lowest BCUT2D eigenvalue weighted by Gasteiger charge is -2.38. The second-order valence-electron chi connectivity index (χ2n) is 4.94. The molecule has 1 fully saturated rings. The maximum absolute atomic E-state index is 13.8. The molecular weight excluding hydrogens is 231 g/mol. The number of aliphatic hydroxyl groups is 1. The minimum Gasteiger partial charge on any atom is -0.388 e. The Morgan fingerprint density at radius 2 is 2.00 bits per heavy atom. The number of benzene rings is 1. The van der Waals surface area contributed by atoms with E-state index in [1.165, 1.54) is 6.07 Å². The van der Waals surface area contributed by atoms with Gasteiger partial charge in [-0.3, -0.25) is 0 Å². The van der Waals surface area contributed by atoms with E-state index in [9.17, 15) is 9.50 Å². The Labute approximate surface area is 108 Å². The second kappa shape index (κ2) is 5.67. The highest BCUT2D eigenvalue weighted by atomic mass is 19.1. The summed E-state index contributed by atoms with van der Waals surface area (Å²) in [4.78, 5) is 1.92. The van der Waals surface area contributed by atoms with Gasteiger partial charge in [-0.25, -0.2) is 4.39 Å². The molecule has 18 heavy (non-hydrogen) atoms. The first-order valence-electron chi connectivity index (χ1n) is 6.57. The standard InChI is InChI=1S/C14H21FN2O/c1-2-17(13-6-4-3-5-12(13)15)11-14(18)7-9-16-10-8-14/h3-6,16,18H,2,7-11H2,1H3. The number of likely N-dealkylation sites (N-methyl/N-ethyl adjacent to an activating group) is 1. The molecule has 0 unspecified atom stereocenters. The van der Waals surface area contributed by atoms with E-state index in [-0.39, 0.29) is 5.82 Å². The van der Waals surface area contributed by atoms with Crippen LogP contribution in [0.1, 0.15) is 19.8 Å². The fourth-order valence-corrected chi connectivity index (χ4v) is 2.48. The van der Waals surface area contributed by atoms with E-state index in [1.807, 2.05) is 17.9 Å². The zero-order valence-corrected chi connectivity index (χ0v) is 10.8. The maximum Gasteiger partial charge on any atom is 0.146 e. The van der Waals surface area contributed by atoms with Gasteiger partial charge in [-0.05, 0) is 45.0 Å². The van der Waals surface area contributed by atoms with E-state index >= 15 is 0 Å². The number of nitrogens with zero attached hydrogens (tertiary/aromatic N) is 1. The average Bonchev–Trinajstić information content (AvgIpc) is 2.38. The van der Waals surface area contributed by atoms with Gasteiger partial charge in [-0.2, -0.15) is 0 Å². The molecule has 0 bridgehead atoms. The molecule has 0 amide bonds. The van der Waals surface area contributed by atoms with Crippen LogP contribution in [0.15, 0.2) is 24.3 Å². The molecule has 0 atom stereocenters. The first kappa shape index (κ1) is 13.3. The third kappa shape index (κ3) is 3.00. The van der Waals surface area contributed by atoms with E-state index in [1.54, 1.807) is 12.1 Å². The summed E-state index contributed by atoms with van der Waals surface area (Å²) in [5, 5.41) is 13.8. The van der Waals surface area contributed by atoms with E-state index in [0.29, 0.717) is 18.8 Å². The summed E-state index contributed by atoms with van der Waals surface area (Å²) >= 11 is 0. The molecule has 2 N–H and O–H groups in total. The predicted octanol–water partition coefficient (Wildman–Crippen LogP) is 1.77. The molecule has 1 heterocycles. The highest BCUT2D eigenvalue weighted by Gasteiger charge is 2.31. The zero-order chi connectivity index (χ0) is 13.0. The quantitative estimate of drug-likeness (QED) is 0.857. The fourth-order valence-electron chi connectivity index (χ4n) is 2.48. The van der Waals surface area contributed by atoms with Crippen LogP contribution < -0.4 is 10.2 Å². The topological polar surface area (TPSA) is 35.5 Å². The first-order valence-corrected chi connectivity index (χ1v) is 6.57. The highest BCUT2D eigenvalue weighted by molar-refractivity contribution is 5.47. The van der Waals surface area contributed by atoms with Crippen LogP contribution in [0.3, 0.4) is 0 Å². The molecule has 0 radical (unpaired) electrons. The maximum atomic E-state index is 13.8. The lowest BCUT2D eigenvalue weighted by atomic mass is 9.91. The number of anilines is 1. The minimum atomic E-state index is -0.705. The molecule has 0 spiro atoms. The number of rotatable bonds is 4. The van der Waals surface area contributed by atoms with Crippen molar-refractivity contribution in [3.63, 3.8) is 0 Å². The van der Waals surface area contributed by atoms with Crippen LogP contribution in [-0.2, 0) is 0 Å². The summed E-state index contributed by atoms with van der Waals surface area (Å²) < 4.78 is 13.8. The molecule has 1 saturated heterocycles. The minimum absolute atomic E-state index is 0.225. The third-order valence-electron chi connectivity index (χ3n) is 3.59. The molecule has 0 aliphatic carbocycles. The summed E-state index contributed by atoms with van der Waals surface area (Å²) in [5.74, 6) is -0.225. The van der Waals surface area contributed by atoms with Crippen LogP contribution in [-0.4, -0.2) is 36.9 Å². The van der Waals surface area contributed by atoms with Gasteiger partial charge in [0.1, 0.15) is 5.82 Å². The van der Waals surface area contributed by atoms with Crippen molar-refractivity contribution in [1.29, 1.82) is 0 Å². The van der Waals surface area contributed by atoms with Gasteiger partial charge in [-0.15, -0.1) is 0 Å². The van der Waals surface area contributed by atoms with Crippen LogP contribution in [0.2, 0.25) is 0 Å². The van der Waals surface area contributed by atoms with E-state index < -0.39 is 5.60 Å². The number of para-hydroxylation sites is 1. The molecule has 4 heteroatoms. The SMILES string of the molecule is CCN(CC1(O)CCNCC1)c1ccccc1F. The van der Waals surface area contributed by atoms with Crippen molar-refractivity contribution in [2.75, 3.05) is 31.1 Å². The average molecular weight is 252 g/mol. The molecule has 0 saturated carbocycles. The largest absolute Gasteiger partial charge is 0.388 e. The van der Waals surface area contributed by atoms with Gasteiger partial charge in [-0.1, -0.05) is 12.1 Å². The summed E-state index contributed by atoms with van der Waals surface area (Å²) in [6, 6.07) is 6.74. The summed E-state index contributed by atoms with van der Waals surface area (Å²) in [6.45, 7) is 4.82. The van der Waals surface area contributed by atoms with Gasteiger partial charge in [0.15, 0.2) is 0 Å². The highest BCUT2D eigenvalue weighted by Crippen LogP contribution is 2.25. The Balaban J connectivity index is 2.12. The molecule has 2 rings (SSSR count). The van der Waals surface area contributed by atoms with Crippen LogP contribution in [0.25, 0.3) is 0 Å². The van der Waals surface area contributed by atoms with Crippen LogP contribution in [0, 0.1) is 5.82 Å². The lowest BCUT2D eigenvalue weighted by Crippen LogP contribution is -2.50. The molecule has 0 aromatic heterocycles. The summed E-state index contributed by atoms with van der Waals surface area (Å²) in [7, 11) is 0. The Morgan fingerprint density at radius 1 is 1.33 bits per heavy atom. The van der Waals surface area contributed by atoms with E-state index in [4.69, 9.17) is 0 Å². The number of halogens is 1. The van der Waals surface area contributed by atoms with E-state index in [2.05, 4.69) is 5.32 Å². The Morgan fingerprint density at radius 3 is 2.61 bits per heavy atom. The molecular formula is C14H21FN2O. The Kier molecular flexibility index (Phi) is 4.19.